The van der Waals surface area contributed by atoms with Gasteiger partial charge in [0.25, 0.3) is 0 Å². The van der Waals surface area contributed by atoms with Gasteiger partial charge in [-0.2, -0.15) is 0 Å². The van der Waals surface area contributed by atoms with E-state index in [4.69, 9.17) is 23.2 Å². The molecule has 1 aromatic heterocycles. The Morgan fingerprint density at radius 1 is 1.12 bits per heavy atom. The number of hydrogen-bond donors (Lipinski definition) is 0. The van der Waals surface area contributed by atoms with Crippen molar-refractivity contribution in [3.05, 3.63) is 74.5 Å². The van der Waals surface area contributed by atoms with Crippen LogP contribution in [0.4, 0.5) is 0 Å². The minimum absolute atomic E-state index is 0.0196. The fourth-order valence-electron chi connectivity index (χ4n) is 3.24. The van der Waals surface area contributed by atoms with Crippen LogP contribution in [0.5, 0.6) is 0 Å². The Labute approximate surface area is 151 Å². The van der Waals surface area contributed by atoms with Gasteiger partial charge in [-0.25, -0.2) is 0 Å². The van der Waals surface area contributed by atoms with Crippen LogP contribution in [-0.2, 0) is 6.42 Å². The standard InChI is InChI=1S/C20H17Cl2NO/c1-5-12-7-8-16(23-15(12)6-2)14-9-13-10(3)11(4)18(21)19(22)17(13)20(14)24/h5-8,14H,1-2,9H2,3-4H3. The van der Waals surface area contributed by atoms with Crippen LogP contribution in [0.1, 0.15) is 49.9 Å². The van der Waals surface area contributed by atoms with E-state index in [1.165, 1.54) is 0 Å². The third kappa shape index (κ3) is 2.42. The molecule has 0 aliphatic heterocycles. The van der Waals surface area contributed by atoms with E-state index in [0.717, 1.165) is 33.6 Å². The Hall–Kier alpha value is -1.90. The molecule has 0 fully saturated rings. The summed E-state index contributed by atoms with van der Waals surface area (Å²) < 4.78 is 0. The second-order valence-corrected chi connectivity index (χ2v) is 6.73. The molecule has 0 bridgehead atoms. The van der Waals surface area contributed by atoms with Gasteiger partial charge in [0.15, 0.2) is 5.78 Å². The molecule has 1 aromatic carbocycles. The van der Waals surface area contributed by atoms with Crippen LogP contribution in [0.15, 0.2) is 25.3 Å². The molecule has 2 nitrogen and oxygen atoms in total. The molecule has 0 radical (unpaired) electrons. The fourth-order valence-corrected chi connectivity index (χ4v) is 3.82. The third-order valence-electron chi connectivity index (χ3n) is 4.78. The van der Waals surface area contributed by atoms with Crippen LogP contribution in [0.25, 0.3) is 12.2 Å². The second-order valence-electron chi connectivity index (χ2n) is 5.97. The van der Waals surface area contributed by atoms with E-state index < -0.39 is 0 Å². The van der Waals surface area contributed by atoms with Crippen LogP contribution >= 0.6 is 23.2 Å². The van der Waals surface area contributed by atoms with Gasteiger partial charge in [-0.15, -0.1) is 0 Å². The van der Waals surface area contributed by atoms with E-state index in [1.54, 1.807) is 12.2 Å². The zero-order valence-corrected chi connectivity index (χ0v) is 15.1. The summed E-state index contributed by atoms with van der Waals surface area (Å²) in [5.74, 6) is -0.361. The predicted octanol–water partition coefficient (Wildman–Crippen LogP) is 5.81. The molecule has 0 saturated heterocycles. The molecule has 2 aromatic rings. The molecule has 0 spiro atoms. The van der Waals surface area contributed by atoms with Crippen molar-refractivity contribution in [3.63, 3.8) is 0 Å². The zero-order valence-electron chi connectivity index (χ0n) is 13.6. The van der Waals surface area contributed by atoms with Crippen molar-refractivity contribution < 1.29 is 4.79 Å². The molecule has 122 valence electrons. The molecule has 0 amide bonds. The molecule has 1 heterocycles. The summed E-state index contributed by atoms with van der Waals surface area (Å²) in [6, 6.07) is 3.78. The van der Waals surface area contributed by atoms with E-state index in [-0.39, 0.29) is 11.7 Å². The summed E-state index contributed by atoms with van der Waals surface area (Å²) in [7, 11) is 0. The summed E-state index contributed by atoms with van der Waals surface area (Å²) in [6.45, 7) is 11.5. The molecule has 24 heavy (non-hydrogen) atoms. The monoisotopic (exact) mass is 357 g/mol. The van der Waals surface area contributed by atoms with E-state index in [0.29, 0.717) is 22.0 Å². The van der Waals surface area contributed by atoms with Crippen molar-refractivity contribution in [2.75, 3.05) is 0 Å². The van der Waals surface area contributed by atoms with Gasteiger partial charge in [-0.05, 0) is 54.7 Å². The largest absolute Gasteiger partial charge is 0.293 e. The van der Waals surface area contributed by atoms with Crippen molar-refractivity contribution in [3.8, 4) is 0 Å². The lowest BCUT2D eigenvalue weighted by Gasteiger charge is -2.11. The Morgan fingerprint density at radius 2 is 1.83 bits per heavy atom. The summed E-state index contributed by atoms with van der Waals surface area (Å²) in [4.78, 5) is 17.6. The maximum absolute atomic E-state index is 13.0. The first kappa shape index (κ1) is 16.9. The summed E-state index contributed by atoms with van der Waals surface area (Å²) in [5, 5.41) is 0.817. The first-order valence-corrected chi connectivity index (χ1v) is 8.43. The number of rotatable bonds is 3. The number of Topliss-reactive ketones (excluding diaryl/α,β-unsaturated/α-hetero) is 1. The highest BCUT2D eigenvalue weighted by Crippen LogP contribution is 2.43. The van der Waals surface area contributed by atoms with Gasteiger partial charge in [0.1, 0.15) is 0 Å². The first-order valence-electron chi connectivity index (χ1n) is 7.67. The van der Waals surface area contributed by atoms with Crippen molar-refractivity contribution in [2.24, 2.45) is 0 Å². The quantitative estimate of drug-likeness (QED) is 0.693. The lowest BCUT2D eigenvalue weighted by molar-refractivity contribution is 0.0971. The maximum atomic E-state index is 13.0. The van der Waals surface area contributed by atoms with Crippen molar-refractivity contribution in [1.82, 2.24) is 4.98 Å². The molecule has 4 heteroatoms. The van der Waals surface area contributed by atoms with Gasteiger partial charge in [-0.1, -0.05) is 48.5 Å². The van der Waals surface area contributed by atoms with Crippen LogP contribution in [0.2, 0.25) is 10.0 Å². The normalized spacial score (nSPS) is 16.2. The van der Waals surface area contributed by atoms with Crippen LogP contribution in [0.3, 0.4) is 0 Å². The Morgan fingerprint density at radius 3 is 2.46 bits per heavy atom. The highest BCUT2D eigenvalue weighted by molar-refractivity contribution is 6.45. The van der Waals surface area contributed by atoms with Crippen LogP contribution in [0, 0.1) is 13.8 Å². The number of pyridine rings is 1. The van der Waals surface area contributed by atoms with Crippen LogP contribution < -0.4 is 0 Å². The first-order chi connectivity index (χ1) is 11.4. The third-order valence-corrected chi connectivity index (χ3v) is 5.73. The van der Waals surface area contributed by atoms with Crippen molar-refractivity contribution >= 4 is 41.1 Å². The lowest BCUT2D eigenvalue weighted by atomic mass is 9.98. The molecule has 1 unspecified atom stereocenters. The van der Waals surface area contributed by atoms with E-state index in [1.807, 2.05) is 26.0 Å². The lowest BCUT2D eigenvalue weighted by Crippen LogP contribution is -2.10. The van der Waals surface area contributed by atoms with Gasteiger partial charge in [0.2, 0.25) is 0 Å². The van der Waals surface area contributed by atoms with Gasteiger partial charge < -0.3 is 0 Å². The minimum Gasteiger partial charge on any atom is -0.293 e. The summed E-state index contributed by atoms with van der Waals surface area (Å²) >= 11 is 12.7. The van der Waals surface area contributed by atoms with Gasteiger partial charge in [-0.3, -0.25) is 9.78 Å². The number of fused-ring (bicyclic) bond motifs is 1. The molecule has 1 aliphatic rings. The smallest absolute Gasteiger partial charge is 0.174 e. The maximum Gasteiger partial charge on any atom is 0.174 e. The molecule has 0 N–H and O–H groups in total. The number of benzene rings is 1. The molecule has 3 rings (SSSR count). The van der Waals surface area contributed by atoms with Crippen molar-refractivity contribution in [2.45, 2.75) is 26.2 Å². The zero-order chi connectivity index (χ0) is 17.6. The molecule has 1 aliphatic carbocycles. The topological polar surface area (TPSA) is 30.0 Å². The highest BCUT2D eigenvalue weighted by atomic mass is 35.5. The fraction of sp³-hybridized carbons (Fsp3) is 0.200. The number of halogens is 2. The molecule has 0 saturated carbocycles. The molecule has 1 atom stereocenters. The van der Waals surface area contributed by atoms with Gasteiger partial charge in [0.05, 0.1) is 27.4 Å². The highest BCUT2D eigenvalue weighted by Gasteiger charge is 2.37. The predicted molar refractivity (Wildman–Crippen MR) is 101 cm³/mol. The summed E-state index contributed by atoms with van der Waals surface area (Å²) in [6.07, 6.45) is 3.99. The van der Waals surface area contributed by atoms with Gasteiger partial charge >= 0.3 is 0 Å². The molecular weight excluding hydrogens is 341 g/mol. The average Bonchev–Trinajstić information content (AvgIpc) is 2.95. The van der Waals surface area contributed by atoms with Crippen LogP contribution in [-0.4, -0.2) is 10.8 Å². The van der Waals surface area contributed by atoms with E-state index >= 15 is 0 Å². The number of hydrogen-bond acceptors (Lipinski definition) is 2. The number of carbonyl (C=O) groups is 1. The second kappa shape index (κ2) is 6.19. The average molecular weight is 358 g/mol. The minimum atomic E-state index is -0.341. The van der Waals surface area contributed by atoms with E-state index in [2.05, 4.69) is 18.1 Å². The summed E-state index contributed by atoms with van der Waals surface area (Å²) in [5.41, 5.74) is 5.82. The molecular formula is C20H17Cl2NO. The Bertz CT molecular complexity index is 899. The SMILES string of the molecule is C=Cc1ccc(C2Cc3c(C)c(C)c(Cl)c(Cl)c3C2=O)nc1C=C. The van der Waals surface area contributed by atoms with Gasteiger partial charge in [0, 0.05) is 5.56 Å². The van der Waals surface area contributed by atoms with E-state index in [9.17, 15) is 4.79 Å². The number of nitrogens with zero attached hydrogens (tertiary/aromatic N) is 1. The number of aromatic nitrogens is 1. The Kier molecular flexibility index (Phi) is 4.37. The number of carbonyl (C=O) groups excluding carboxylic acids is 1. The number of ketones is 1. The Balaban J connectivity index is 2.13. The van der Waals surface area contributed by atoms with Crippen molar-refractivity contribution in [1.29, 1.82) is 0 Å².